The summed E-state index contributed by atoms with van der Waals surface area (Å²) in [6.45, 7) is 0. The number of halogens is 1. The van der Waals surface area contributed by atoms with Gasteiger partial charge in [0.25, 0.3) is 5.56 Å². The van der Waals surface area contributed by atoms with Crippen molar-refractivity contribution in [3.63, 3.8) is 0 Å². The molecular weight excluding hydrogens is 324 g/mol. The van der Waals surface area contributed by atoms with Crippen LogP contribution in [0.2, 0.25) is 5.02 Å². The van der Waals surface area contributed by atoms with Gasteiger partial charge in [0.05, 0.1) is 15.8 Å². The van der Waals surface area contributed by atoms with Crippen molar-refractivity contribution in [2.75, 3.05) is 6.26 Å². The molecule has 2 aromatic carbocycles. The summed E-state index contributed by atoms with van der Waals surface area (Å²) in [5, 5.41) is 0.870. The van der Waals surface area contributed by atoms with E-state index in [9.17, 15) is 13.2 Å². The molecular formula is C15H11ClN2O3S. The van der Waals surface area contributed by atoms with Crippen LogP contribution in [-0.4, -0.2) is 24.6 Å². The van der Waals surface area contributed by atoms with Gasteiger partial charge >= 0.3 is 0 Å². The zero-order valence-electron chi connectivity index (χ0n) is 11.5. The van der Waals surface area contributed by atoms with Crippen LogP contribution in [0.5, 0.6) is 0 Å². The highest BCUT2D eigenvalue weighted by molar-refractivity contribution is 7.90. The van der Waals surface area contributed by atoms with E-state index in [0.29, 0.717) is 27.3 Å². The molecule has 1 N–H and O–H groups in total. The summed E-state index contributed by atoms with van der Waals surface area (Å²) >= 11 is 5.87. The van der Waals surface area contributed by atoms with E-state index in [-0.39, 0.29) is 4.90 Å². The van der Waals surface area contributed by atoms with Gasteiger partial charge < -0.3 is 4.98 Å². The lowest BCUT2D eigenvalue weighted by Gasteiger charge is -2.05. The second-order valence-corrected chi connectivity index (χ2v) is 7.33. The molecule has 0 bridgehead atoms. The van der Waals surface area contributed by atoms with Gasteiger partial charge in [-0.05, 0) is 42.5 Å². The number of hydrogen-bond donors (Lipinski definition) is 1. The van der Waals surface area contributed by atoms with E-state index in [1.54, 1.807) is 30.3 Å². The van der Waals surface area contributed by atoms with Crippen molar-refractivity contribution >= 4 is 32.3 Å². The molecule has 0 radical (unpaired) electrons. The maximum atomic E-state index is 12.1. The van der Waals surface area contributed by atoms with Gasteiger partial charge in [-0.15, -0.1) is 0 Å². The number of rotatable bonds is 2. The Morgan fingerprint density at radius 1 is 1.09 bits per heavy atom. The van der Waals surface area contributed by atoms with Crippen molar-refractivity contribution in [2.24, 2.45) is 0 Å². The molecule has 0 saturated heterocycles. The fourth-order valence-corrected chi connectivity index (χ4v) is 2.92. The summed E-state index contributed by atoms with van der Waals surface area (Å²) in [4.78, 5) is 19.3. The number of hydrogen-bond acceptors (Lipinski definition) is 4. The highest BCUT2D eigenvalue weighted by Crippen LogP contribution is 2.20. The SMILES string of the molecule is CS(=O)(=O)c1ccc(-c2nc(=O)c3cc(Cl)ccc3[nH]2)cc1. The Morgan fingerprint density at radius 3 is 2.41 bits per heavy atom. The Balaban J connectivity index is 2.14. The van der Waals surface area contributed by atoms with Gasteiger partial charge in [0.2, 0.25) is 0 Å². The quantitative estimate of drug-likeness (QED) is 0.781. The number of aromatic amines is 1. The molecule has 0 aliphatic carbocycles. The number of nitrogens with zero attached hydrogens (tertiary/aromatic N) is 1. The van der Waals surface area contributed by atoms with Crippen LogP contribution < -0.4 is 5.56 Å². The Bertz CT molecular complexity index is 1020. The average Bonchev–Trinajstić information content (AvgIpc) is 2.47. The third kappa shape index (κ3) is 2.75. The first-order valence-corrected chi connectivity index (χ1v) is 8.61. The lowest BCUT2D eigenvalue weighted by Crippen LogP contribution is -2.09. The van der Waals surface area contributed by atoms with Gasteiger partial charge in [-0.2, -0.15) is 4.98 Å². The number of aromatic nitrogens is 2. The summed E-state index contributed by atoms with van der Waals surface area (Å²) in [7, 11) is -3.26. The highest BCUT2D eigenvalue weighted by atomic mass is 35.5. The minimum atomic E-state index is -3.26. The molecule has 0 amide bonds. The summed E-state index contributed by atoms with van der Waals surface area (Å²) in [5.41, 5.74) is 0.853. The summed E-state index contributed by atoms with van der Waals surface area (Å²) in [6, 6.07) is 11.1. The largest absolute Gasteiger partial charge is 0.339 e. The molecule has 0 aliphatic heterocycles. The van der Waals surface area contributed by atoms with Gasteiger partial charge in [0.1, 0.15) is 5.82 Å². The molecule has 1 aromatic heterocycles. The Kier molecular flexibility index (Phi) is 3.50. The Hall–Kier alpha value is -2.18. The van der Waals surface area contributed by atoms with Crippen LogP contribution in [0.4, 0.5) is 0 Å². The summed E-state index contributed by atoms with van der Waals surface area (Å²) in [6.07, 6.45) is 1.14. The Morgan fingerprint density at radius 2 is 1.77 bits per heavy atom. The van der Waals surface area contributed by atoms with E-state index >= 15 is 0 Å². The van der Waals surface area contributed by atoms with Crippen LogP contribution in [-0.2, 0) is 9.84 Å². The third-order valence-electron chi connectivity index (χ3n) is 3.23. The average molecular weight is 335 g/mol. The fourth-order valence-electron chi connectivity index (χ4n) is 2.12. The topological polar surface area (TPSA) is 79.9 Å². The zero-order valence-corrected chi connectivity index (χ0v) is 13.1. The monoisotopic (exact) mass is 334 g/mol. The van der Waals surface area contributed by atoms with Crippen molar-refractivity contribution < 1.29 is 8.42 Å². The minimum Gasteiger partial charge on any atom is -0.339 e. The molecule has 0 aliphatic rings. The predicted octanol–water partition coefficient (Wildman–Crippen LogP) is 2.65. The number of sulfone groups is 1. The van der Waals surface area contributed by atoms with Crippen LogP contribution in [0.15, 0.2) is 52.2 Å². The molecule has 1 heterocycles. The maximum absolute atomic E-state index is 12.1. The van der Waals surface area contributed by atoms with E-state index in [0.717, 1.165) is 6.26 Å². The Labute approximate surface area is 131 Å². The first-order chi connectivity index (χ1) is 10.3. The first-order valence-electron chi connectivity index (χ1n) is 6.35. The van der Waals surface area contributed by atoms with Crippen molar-refractivity contribution in [2.45, 2.75) is 4.90 Å². The predicted molar refractivity (Wildman–Crippen MR) is 85.9 cm³/mol. The van der Waals surface area contributed by atoms with Crippen LogP contribution in [0.25, 0.3) is 22.3 Å². The summed E-state index contributed by atoms with van der Waals surface area (Å²) in [5.74, 6) is 0.375. The van der Waals surface area contributed by atoms with Crippen molar-refractivity contribution in [3.8, 4) is 11.4 Å². The van der Waals surface area contributed by atoms with E-state index in [4.69, 9.17) is 11.6 Å². The number of H-pyrrole nitrogens is 1. The molecule has 112 valence electrons. The molecule has 3 rings (SSSR count). The molecule has 3 aromatic rings. The second kappa shape index (κ2) is 5.23. The van der Waals surface area contributed by atoms with Crippen LogP contribution in [0, 0.1) is 0 Å². The fraction of sp³-hybridized carbons (Fsp3) is 0.0667. The first kappa shape index (κ1) is 14.7. The molecule has 0 unspecified atom stereocenters. The van der Waals surface area contributed by atoms with E-state index in [1.165, 1.54) is 12.1 Å². The number of benzene rings is 2. The smallest absolute Gasteiger partial charge is 0.281 e. The highest BCUT2D eigenvalue weighted by Gasteiger charge is 2.09. The van der Waals surface area contributed by atoms with Gasteiger partial charge in [0.15, 0.2) is 9.84 Å². The van der Waals surface area contributed by atoms with E-state index in [1.807, 2.05) is 0 Å². The van der Waals surface area contributed by atoms with Gasteiger partial charge in [0, 0.05) is 16.8 Å². The molecule has 0 atom stereocenters. The maximum Gasteiger partial charge on any atom is 0.281 e. The minimum absolute atomic E-state index is 0.214. The zero-order chi connectivity index (χ0) is 15.9. The number of nitrogens with one attached hydrogen (secondary N) is 1. The van der Waals surface area contributed by atoms with Gasteiger partial charge in [-0.1, -0.05) is 11.6 Å². The van der Waals surface area contributed by atoms with E-state index in [2.05, 4.69) is 9.97 Å². The van der Waals surface area contributed by atoms with Gasteiger partial charge in [-0.3, -0.25) is 4.79 Å². The molecule has 0 spiro atoms. The normalized spacial score (nSPS) is 11.7. The lowest BCUT2D eigenvalue weighted by molar-refractivity contribution is 0.602. The van der Waals surface area contributed by atoms with Crippen LogP contribution in [0.1, 0.15) is 0 Å². The van der Waals surface area contributed by atoms with Gasteiger partial charge in [-0.25, -0.2) is 8.42 Å². The van der Waals surface area contributed by atoms with Crippen LogP contribution in [0.3, 0.4) is 0 Å². The summed E-state index contributed by atoms with van der Waals surface area (Å²) < 4.78 is 22.9. The number of fused-ring (bicyclic) bond motifs is 1. The third-order valence-corrected chi connectivity index (χ3v) is 4.60. The molecule has 5 nitrogen and oxygen atoms in total. The lowest BCUT2D eigenvalue weighted by atomic mass is 10.2. The standard InChI is InChI=1S/C15H11ClN2O3S/c1-22(20,21)11-5-2-9(3-6-11)14-17-13-7-4-10(16)8-12(13)15(19)18-14/h2-8H,1H3,(H,17,18,19). The van der Waals surface area contributed by atoms with Crippen molar-refractivity contribution in [1.29, 1.82) is 0 Å². The van der Waals surface area contributed by atoms with Crippen molar-refractivity contribution in [1.82, 2.24) is 9.97 Å². The van der Waals surface area contributed by atoms with E-state index < -0.39 is 15.4 Å². The molecule has 7 heteroatoms. The second-order valence-electron chi connectivity index (χ2n) is 4.88. The van der Waals surface area contributed by atoms with Crippen molar-refractivity contribution in [3.05, 3.63) is 57.8 Å². The molecule has 22 heavy (non-hydrogen) atoms. The van der Waals surface area contributed by atoms with Crippen LogP contribution >= 0.6 is 11.6 Å². The molecule has 0 saturated carbocycles. The molecule has 0 fully saturated rings.